The smallest absolute Gasteiger partial charge is 0.254 e. The van der Waals surface area contributed by atoms with Gasteiger partial charge in [-0.25, -0.2) is 0 Å². The second-order valence-corrected chi connectivity index (χ2v) is 5.11. The van der Waals surface area contributed by atoms with Crippen LogP contribution in [0.5, 0.6) is 5.75 Å². The summed E-state index contributed by atoms with van der Waals surface area (Å²) < 4.78 is 5.99. The Balaban J connectivity index is 2.62. The van der Waals surface area contributed by atoms with Crippen LogP contribution < -0.4 is 10.5 Å². The number of hydrogen-bond donors (Lipinski definition) is 1. The molecule has 1 unspecified atom stereocenters. The molecule has 0 aromatic carbocycles. The third-order valence-corrected chi connectivity index (χ3v) is 3.33. The molecule has 1 atom stereocenters. The number of primary amides is 1. The molecule has 1 rings (SSSR count). The predicted octanol–water partition coefficient (Wildman–Crippen LogP) is 3.70. The van der Waals surface area contributed by atoms with E-state index >= 15 is 0 Å². The summed E-state index contributed by atoms with van der Waals surface area (Å²) in [5.41, 5.74) is 5.71. The molecule has 1 aromatic heterocycles. The van der Waals surface area contributed by atoms with Crippen LogP contribution in [0.4, 0.5) is 0 Å². The van der Waals surface area contributed by atoms with Crippen molar-refractivity contribution >= 4 is 5.91 Å². The minimum absolute atomic E-state index is 0.150. The number of hydrogen-bond acceptors (Lipinski definition) is 3. The van der Waals surface area contributed by atoms with Crippen LogP contribution in [0.1, 0.15) is 69.2 Å². The Morgan fingerprint density at radius 2 is 2.05 bits per heavy atom. The van der Waals surface area contributed by atoms with Crippen LogP contribution in [-0.4, -0.2) is 17.0 Å². The first kappa shape index (κ1) is 16.5. The van der Waals surface area contributed by atoms with Gasteiger partial charge < -0.3 is 10.5 Å². The molecule has 0 bridgehead atoms. The molecule has 0 aliphatic heterocycles. The first-order chi connectivity index (χ1) is 9.69. The summed E-state index contributed by atoms with van der Waals surface area (Å²) in [7, 11) is 0. The van der Waals surface area contributed by atoms with Gasteiger partial charge in [-0.05, 0) is 25.3 Å². The van der Waals surface area contributed by atoms with Crippen molar-refractivity contribution in [2.45, 2.75) is 64.9 Å². The highest BCUT2D eigenvalue weighted by Crippen LogP contribution is 2.21. The van der Waals surface area contributed by atoms with Crippen LogP contribution in [-0.2, 0) is 0 Å². The first-order valence-electron chi connectivity index (χ1n) is 7.59. The summed E-state index contributed by atoms with van der Waals surface area (Å²) in [4.78, 5) is 15.3. The number of nitrogens with zero attached hydrogens (tertiary/aromatic N) is 1. The van der Waals surface area contributed by atoms with Gasteiger partial charge in [0.25, 0.3) is 5.91 Å². The molecule has 1 amide bonds. The number of carbonyl (C=O) groups excluding carboxylic acids is 1. The first-order valence-corrected chi connectivity index (χ1v) is 7.59. The van der Waals surface area contributed by atoms with Crippen LogP contribution >= 0.6 is 0 Å². The normalized spacial score (nSPS) is 12.1. The number of aromatic nitrogens is 1. The van der Waals surface area contributed by atoms with Gasteiger partial charge in [-0.1, -0.05) is 39.5 Å². The number of pyridine rings is 1. The van der Waals surface area contributed by atoms with Crippen LogP contribution in [0, 0.1) is 0 Å². The second kappa shape index (κ2) is 9.34. The lowest BCUT2D eigenvalue weighted by Gasteiger charge is -2.19. The molecule has 1 heterocycles. The minimum atomic E-state index is -0.491. The zero-order valence-electron chi connectivity index (χ0n) is 12.6. The number of carbonyl (C=O) groups is 1. The molecular formula is C16H26N2O2. The third kappa shape index (κ3) is 5.59. The average molecular weight is 278 g/mol. The maximum absolute atomic E-state index is 11.4. The Labute approximate surface area is 121 Å². The van der Waals surface area contributed by atoms with Gasteiger partial charge in [0.1, 0.15) is 5.75 Å². The topological polar surface area (TPSA) is 65.2 Å². The zero-order valence-corrected chi connectivity index (χ0v) is 12.6. The van der Waals surface area contributed by atoms with Crippen LogP contribution in [0.15, 0.2) is 18.5 Å². The summed E-state index contributed by atoms with van der Waals surface area (Å²) in [6, 6.07) is 1.72. The van der Waals surface area contributed by atoms with Crippen molar-refractivity contribution in [1.29, 1.82) is 0 Å². The quantitative estimate of drug-likeness (QED) is 0.664. The van der Waals surface area contributed by atoms with E-state index < -0.39 is 5.91 Å². The van der Waals surface area contributed by atoms with Crippen LogP contribution in [0.3, 0.4) is 0 Å². The van der Waals surface area contributed by atoms with E-state index in [2.05, 4.69) is 18.8 Å². The maximum Gasteiger partial charge on any atom is 0.254 e. The van der Waals surface area contributed by atoms with Gasteiger partial charge in [-0.2, -0.15) is 0 Å². The molecule has 0 radical (unpaired) electrons. The summed E-state index contributed by atoms with van der Waals surface area (Å²) >= 11 is 0. The molecule has 1 aromatic rings. The highest BCUT2D eigenvalue weighted by molar-refractivity contribution is 5.95. The van der Waals surface area contributed by atoms with Crippen molar-refractivity contribution in [2.24, 2.45) is 5.73 Å². The summed E-state index contributed by atoms with van der Waals surface area (Å²) in [6.45, 7) is 4.35. The maximum atomic E-state index is 11.4. The molecule has 0 aliphatic rings. The second-order valence-electron chi connectivity index (χ2n) is 5.11. The Morgan fingerprint density at radius 1 is 1.25 bits per heavy atom. The molecule has 0 saturated carbocycles. The van der Waals surface area contributed by atoms with E-state index in [1.165, 1.54) is 25.5 Å². The molecule has 0 aliphatic carbocycles. The van der Waals surface area contributed by atoms with Crippen molar-refractivity contribution in [1.82, 2.24) is 4.98 Å². The van der Waals surface area contributed by atoms with E-state index in [-0.39, 0.29) is 6.10 Å². The number of amides is 1. The third-order valence-electron chi connectivity index (χ3n) is 3.33. The van der Waals surface area contributed by atoms with E-state index in [1.54, 1.807) is 12.3 Å². The fourth-order valence-electron chi connectivity index (χ4n) is 2.23. The number of ether oxygens (including phenoxy) is 1. The number of rotatable bonds is 10. The number of unbranched alkanes of at least 4 members (excludes halogenated alkanes) is 3. The lowest BCUT2D eigenvalue weighted by atomic mass is 10.1. The van der Waals surface area contributed by atoms with E-state index in [4.69, 9.17) is 10.5 Å². The molecule has 0 saturated heterocycles. The highest BCUT2D eigenvalue weighted by Gasteiger charge is 2.14. The van der Waals surface area contributed by atoms with E-state index in [9.17, 15) is 4.79 Å². The molecular weight excluding hydrogens is 252 g/mol. The van der Waals surface area contributed by atoms with Crippen molar-refractivity contribution in [3.8, 4) is 5.75 Å². The summed E-state index contributed by atoms with van der Waals surface area (Å²) in [6.07, 6.45) is 11.2. The monoisotopic (exact) mass is 278 g/mol. The van der Waals surface area contributed by atoms with Crippen LogP contribution in [0.2, 0.25) is 0 Å². The molecule has 0 spiro atoms. The van der Waals surface area contributed by atoms with Gasteiger partial charge in [0.2, 0.25) is 0 Å². The predicted molar refractivity (Wildman–Crippen MR) is 80.8 cm³/mol. The SMILES string of the molecule is CCCCCCC(CCC)Oc1ccncc1C(N)=O. The molecule has 4 heteroatoms. The fourth-order valence-corrected chi connectivity index (χ4v) is 2.23. The van der Waals surface area contributed by atoms with Gasteiger partial charge in [0.05, 0.1) is 11.7 Å². The zero-order chi connectivity index (χ0) is 14.8. The van der Waals surface area contributed by atoms with Gasteiger partial charge >= 0.3 is 0 Å². The Morgan fingerprint density at radius 3 is 2.70 bits per heavy atom. The van der Waals surface area contributed by atoms with Gasteiger partial charge in [0.15, 0.2) is 0 Å². The lowest BCUT2D eigenvalue weighted by Crippen LogP contribution is -2.20. The lowest BCUT2D eigenvalue weighted by molar-refractivity contribution is 0.0990. The molecule has 112 valence electrons. The number of nitrogens with two attached hydrogens (primary N) is 1. The molecule has 2 N–H and O–H groups in total. The van der Waals surface area contributed by atoms with Gasteiger partial charge in [0, 0.05) is 12.4 Å². The van der Waals surface area contributed by atoms with Crippen molar-refractivity contribution in [3.05, 3.63) is 24.0 Å². The van der Waals surface area contributed by atoms with Crippen molar-refractivity contribution < 1.29 is 9.53 Å². The average Bonchev–Trinajstić information content (AvgIpc) is 2.44. The van der Waals surface area contributed by atoms with Crippen LogP contribution in [0.25, 0.3) is 0 Å². The van der Waals surface area contributed by atoms with Crippen molar-refractivity contribution in [2.75, 3.05) is 0 Å². The Kier molecular flexibility index (Phi) is 7.70. The summed E-state index contributed by atoms with van der Waals surface area (Å²) in [5, 5.41) is 0. The fraction of sp³-hybridized carbons (Fsp3) is 0.625. The van der Waals surface area contributed by atoms with E-state index in [0.717, 1.165) is 25.7 Å². The standard InChI is InChI=1S/C16H26N2O2/c1-3-5-6-7-9-13(8-4-2)20-15-10-11-18-12-14(15)16(17)19/h10-13H,3-9H2,1-2H3,(H2,17,19). The minimum Gasteiger partial charge on any atom is -0.489 e. The molecule has 0 fully saturated rings. The van der Waals surface area contributed by atoms with Gasteiger partial charge in [-0.15, -0.1) is 0 Å². The van der Waals surface area contributed by atoms with Crippen molar-refractivity contribution in [3.63, 3.8) is 0 Å². The highest BCUT2D eigenvalue weighted by atomic mass is 16.5. The van der Waals surface area contributed by atoms with E-state index in [1.807, 2.05) is 0 Å². The Bertz CT molecular complexity index is 407. The largest absolute Gasteiger partial charge is 0.489 e. The van der Waals surface area contributed by atoms with E-state index in [0.29, 0.717) is 11.3 Å². The Hall–Kier alpha value is -1.58. The molecule has 20 heavy (non-hydrogen) atoms. The summed E-state index contributed by atoms with van der Waals surface area (Å²) in [5.74, 6) is 0.0655. The molecule has 4 nitrogen and oxygen atoms in total. The van der Waals surface area contributed by atoms with Gasteiger partial charge in [-0.3, -0.25) is 9.78 Å².